The van der Waals surface area contributed by atoms with Gasteiger partial charge in [-0.05, 0) is 6.42 Å². The lowest BCUT2D eigenvalue weighted by atomic mass is 10.4. The number of rotatable bonds is 6. The maximum Gasteiger partial charge on any atom is 0.315 e. The van der Waals surface area contributed by atoms with Crippen LogP contribution in [0, 0.1) is 0 Å². The van der Waals surface area contributed by atoms with Crippen LogP contribution in [0.3, 0.4) is 0 Å². The smallest absolute Gasteiger partial charge is 0.315 e. The van der Waals surface area contributed by atoms with E-state index in [1.54, 1.807) is 11.8 Å². The average molecular weight is 244 g/mol. The van der Waals surface area contributed by atoms with Crippen LogP contribution < -0.4 is 0 Å². The van der Waals surface area contributed by atoms with Crippen molar-refractivity contribution in [2.24, 2.45) is 0 Å². The molecule has 0 aromatic carbocycles. The second kappa shape index (κ2) is 6.52. The first kappa shape index (κ1) is 13.0. The van der Waals surface area contributed by atoms with Crippen molar-refractivity contribution in [1.82, 2.24) is 10.1 Å². The van der Waals surface area contributed by atoms with Gasteiger partial charge in [-0.3, -0.25) is 4.79 Å². The maximum absolute atomic E-state index is 10.9. The van der Waals surface area contributed by atoms with Gasteiger partial charge in [0.2, 0.25) is 5.89 Å². The molecule has 0 aliphatic rings. The highest BCUT2D eigenvalue weighted by atomic mass is 32.2. The van der Waals surface area contributed by atoms with Crippen molar-refractivity contribution < 1.29 is 14.1 Å². The molecule has 1 aromatic heterocycles. The van der Waals surface area contributed by atoms with E-state index in [4.69, 9.17) is 4.52 Å². The SMILES string of the molecule is CCC(C)SCc1noc(CC(=O)OC)n1. The van der Waals surface area contributed by atoms with E-state index in [-0.39, 0.29) is 12.4 Å². The number of hydrogen-bond acceptors (Lipinski definition) is 6. The van der Waals surface area contributed by atoms with Gasteiger partial charge in [0.1, 0.15) is 6.42 Å². The van der Waals surface area contributed by atoms with Crippen molar-refractivity contribution in [3.05, 3.63) is 11.7 Å². The molecular weight excluding hydrogens is 228 g/mol. The summed E-state index contributed by atoms with van der Waals surface area (Å²) in [4.78, 5) is 15.1. The maximum atomic E-state index is 10.9. The molecule has 1 atom stereocenters. The normalized spacial score (nSPS) is 12.4. The molecule has 0 aliphatic carbocycles. The molecule has 0 amide bonds. The van der Waals surface area contributed by atoms with E-state index in [2.05, 4.69) is 28.7 Å². The molecule has 1 unspecified atom stereocenters. The minimum Gasteiger partial charge on any atom is -0.469 e. The van der Waals surface area contributed by atoms with Crippen LogP contribution in [0.4, 0.5) is 0 Å². The third-order valence-electron chi connectivity index (χ3n) is 2.11. The van der Waals surface area contributed by atoms with Gasteiger partial charge in [-0.15, -0.1) is 0 Å². The van der Waals surface area contributed by atoms with Crippen molar-refractivity contribution in [3.63, 3.8) is 0 Å². The zero-order valence-electron chi connectivity index (χ0n) is 9.73. The monoisotopic (exact) mass is 244 g/mol. The van der Waals surface area contributed by atoms with Crippen molar-refractivity contribution in [2.45, 2.75) is 37.7 Å². The summed E-state index contributed by atoms with van der Waals surface area (Å²) in [6.07, 6.45) is 1.15. The van der Waals surface area contributed by atoms with Crippen LogP contribution in [0.5, 0.6) is 0 Å². The molecule has 1 aromatic rings. The highest BCUT2D eigenvalue weighted by Crippen LogP contribution is 2.17. The van der Waals surface area contributed by atoms with Crippen molar-refractivity contribution in [3.8, 4) is 0 Å². The molecule has 1 heterocycles. The van der Waals surface area contributed by atoms with E-state index in [0.29, 0.717) is 22.7 Å². The number of nitrogens with zero attached hydrogens (tertiary/aromatic N) is 2. The van der Waals surface area contributed by atoms with Crippen LogP contribution >= 0.6 is 11.8 Å². The topological polar surface area (TPSA) is 65.2 Å². The Morgan fingerprint density at radius 2 is 2.38 bits per heavy atom. The van der Waals surface area contributed by atoms with Crippen LogP contribution in [-0.2, 0) is 21.7 Å². The Labute approximate surface area is 98.9 Å². The number of methoxy groups -OCH3 is 1. The summed E-state index contributed by atoms with van der Waals surface area (Å²) < 4.78 is 9.43. The summed E-state index contributed by atoms with van der Waals surface area (Å²) in [7, 11) is 1.33. The first-order chi connectivity index (χ1) is 7.65. The fraction of sp³-hybridized carbons (Fsp3) is 0.700. The van der Waals surface area contributed by atoms with Crippen LogP contribution in [0.2, 0.25) is 0 Å². The number of carbonyl (C=O) groups is 1. The molecular formula is C10H16N2O3S. The van der Waals surface area contributed by atoms with Gasteiger partial charge >= 0.3 is 5.97 Å². The summed E-state index contributed by atoms with van der Waals surface area (Å²) >= 11 is 1.77. The van der Waals surface area contributed by atoms with Crippen molar-refractivity contribution in [1.29, 1.82) is 0 Å². The van der Waals surface area contributed by atoms with Crippen LogP contribution in [-0.4, -0.2) is 28.5 Å². The molecule has 0 saturated heterocycles. The fourth-order valence-electron chi connectivity index (χ4n) is 0.951. The Morgan fingerprint density at radius 1 is 1.62 bits per heavy atom. The number of thioether (sulfide) groups is 1. The molecule has 16 heavy (non-hydrogen) atoms. The Hall–Kier alpha value is -1.04. The predicted octanol–water partition coefficient (Wildman–Crippen LogP) is 1.82. The van der Waals surface area contributed by atoms with E-state index >= 15 is 0 Å². The zero-order valence-corrected chi connectivity index (χ0v) is 10.5. The minimum atomic E-state index is -0.371. The fourth-order valence-corrected chi connectivity index (χ4v) is 1.74. The van der Waals surface area contributed by atoms with Crippen molar-refractivity contribution in [2.75, 3.05) is 7.11 Å². The van der Waals surface area contributed by atoms with Crippen LogP contribution in [0.25, 0.3) is 0 Å². The summed E-state index contributed by atoms with van der Waals surface area (Å²) in [6.45, 7) is 4.29. The first-order valence-electron chi connectivity index (χ1n) is 5.15. The van der Waals surface area contributed by atoms with Gasteiger partial charge in [-0.1, -0.05) is 19.0 Å². The summed E-state index contributed by atoms with van der Waals surface area (Å²) in [5.41, 5.74) is 0. The van der Waals surface area contributed by atoms with Gasteiger partial charge in [-0.2, -0.15) is 16.7 Å². The summed E-state index contributed by atoms with van der Waals surface area (Å²) in [5, 5.41) is 4.37. The van der Waals surface area contributed by atoms with Gasteiger partial charge in [0.25, 0.3) is 0 Å². The van der Waals surface area contributed by atoms with E-state index < -0.39 is 0 Å². The quantitative estimate of drug-likeness (QED) is 0.711. The minimum absolute atomic E-state index is 0.0392. The second-order valence-corrected chi connectivity index (χ2v) is 4.81. The molecule has 0 bridgehead atoms. The van der Waals surface area contributed by atoms with Gasteiger partial charge in [0.05, 0.1) is 12.9 Å². The molecule has 0 fully saturated rings. The zero-order chi connectivity index (χ0) is 12.0. The molecule has 0 aliphatic heterocycles. The van der Waals surface area contributed by atoms with Crippen molar-refractivity contribution >= 4 is 17.7 Å². The third kappa shape index (κ3) is 4.22. The lowest BCUT2D eigenvalue weighted by Crippen LogP contribution is -2.04. The largest absolute Gasteiger partial charge is 0.469 e. The number of aromatic nitrogens is 2. The Morgan fingerprint density at radius 3 is 3.00 bits per heavy atom. The third-order valence-corrected chi connectivity index (χ3v) is 3.43. The molecule has 0 saturated carbocycles. The molecule has 90 valence electrons. The number of esters is 1. The molecule has 0 radical (unpaired) electrons. The highest BCUT2D eigenvalue weighted by molar-refractivity contribution is 7.99. The van der Waals surface area contributed by atoms with E-state index in [1.165, 1.54) is 7.11 Å². The molecule has 0 N–H and O–H groups in total. The van der Waals surface area contributed by atoms with Crippen LogP contribution in [0.15, 0.2) is 4.52 Å². The lowest BCUT2D eigenvalue weighted by Gasteiger charge is -2.04. The van der Waals surface area contributed by atoms with Gasteiger partial charge < -0.3 is 9.26 Å². The first-order valence-corrected chi connectivity index (χ1v) is 6.20. The van der Waals surface area contributed by atoms with E-state index in [0.717, 1.165) is 6.42 Å². The second-order valence-electron chi connectivity index (χ2n) is 3.39. The number of hydrogen-bond donors (Lipinski definition) is 0. The van der Waals surface area contributed by atoms with Crippen LogP contribution in [0.1, 0.15) is 32.0 Å². The Kier molecular flexibility index (Phi) is 5.31. The standard InChI is InChI=1S/C10H16N2O3S/c1-4-7(2)16-6-8-11-9(15-12-8)5-10(13)14-3/h7H,4-6H2,1-3H3. The van der Waals surface area contributed by atoms with E-state index in [9.17, 15) is 4.79 Å². The summed E-state index contributed by atoms with van der Waals surface area (Å²) in [6, 6.07) is 0. The van der Waals surface area contributed by atoms with Gasteiger partial charge in [0.15, 0.2) is 5.82 Å². The van der Waals surface area contributed by atoms with Gasteiger partial charge in [0, 0.05) is 5.25 Å². The average Bonchev–Trinajstić information content (AvgIpc) is 2.73. The molecule has 1 rings (SSSR count). The number of carbonyl (C=O) groups excluding carboxylic acids is 1. The van der Waals surface area contributed by atoms with E-state index in [1.807, 2.05) is 0 Å². The predicted molar refractivity (Wildman–Crippen MR) is 61.1 cm³/mol. The Balaban J connectivity index is 2.42. The summed E-state index contributed by atoms with van der Waals surface area (Å²) in [5.74, 6) is 1.28. The highest BCUT2D eigenvalue weighted by Gasteiger charge is 2.11. The number of ether oxygens (including phenoxy) is 1. The Bertz CT molecular complexity index is 341. The molecule has 6 heteroatoms. The van der Waals surface area contributed by atoms with Gasteiger partial charge in [-0.25, -0.2) is 0 Å². The lowest BCUT2D eigenvalue weighted by molar-refractivity contribution is -0.140. The molecule has 5 nitrogen and oxygen atoms in total. The molecule has 0 spiro atoms.